The Kier molecular flexibility index (Phi) is 9.28. The van der Waals surface area contributed by atoms with E-state index in [4.69, 9.17) is 5.84 Å². The Labute approximate surface area is 225 Å². The molecule has 210 valence electrons. The molecule has 38 heavy (non-hydrogen) atoms. The summed E-state index contributed by atoms with van der Waals surface area (Å²) in [5.41, 5.74) is 3.12. The lowest BCUT2D eigenvalue weighted by atomic mass is 9.88. The van der Waals surface area contributed by atoms with Crippen molar-refractivity contribution in [2.24, 2.45) is 17.7 Å². The number of hydrogen-bond donors (Lipinski definition) is 3. The molecule has 0 spiro atoms. The molecule has 0 atom stereocenters. The average molecular weight is 528 g/mol. The number of rotatable bonds is 6. The van der Waals surface area contributed by atoms with Gasteiger partial charge in [-0.15, -0.1) is 0 Å². The molecule has 2 heterocycles. The van der Waals surface area contributed by atoms with Crippen LogP contribution in [0.15, 0.2) is 10.9 Å². The zero-order valence-corrected chi connectivity index (χ0v) is 23.2. The van der Waals surface area contributed by atoms with E-state index in [2.05, 4.69) is 10.7 Å². The van der Waals surface area contributed by atoms with Gasteiger partial charge >= 0.3 is 0 Å². The normalized spacial score (nSPS) is 19.7. The van der Waals surface area contributed by atoms with Gasteiger partial charge in [0.25, 0.3) is 11.5 Å². The second-order valence-corrected chi connectivity index (χ2v) is 12.0. The highest BCUT2D eigenvalue weighted by Crippen LogP contribution is 2.27. The third-order valence-electron chi connectivity index (χ3n) is 8.77. The molecule has 4 N–H and O–H groups in total. The number of pyridine rings is 1. The third kappa shape index (κ3) is 6.47. The Morgan fingerprint density at radius 3 is 2.24 bits per heavy atom. The molecule has 0 bridgehead atoms. The predicted molar refractivity (Wildman–Crippen MR) is 146 cm³/mol. The molecule has 2 fully saturated rings. The third-order valence-corrected chi connectivity index (χ3v) is 8.77. The first-order valence-electron chi connectivity index (χ1n) is 14.6. The van der Waals surface area contributed by atoms with Crippen molar-refractivity contribution in [3.63, 3.8) is 0 Å². The summed E-state index contributed by atoms with van der Waals surface area (Å²) in [5.74, 6) is 4.59. The Bertz CT molecular complexity index is 1080. The maximum Gasteiger partial charge on any atom is 0.263 e. The highest BCUT2D eigenvalue weighted by atomic mass is 16.2. The number of fused-ring (bicyclic) bond motifs is 1. The zero-order valence-electron chi connectivity index (χ0n) is 23.2. The van der Waals surface area contributed by atoms with Crippen LogP contribution < -0.4 is 22.1 Å². The summed E-state index contributed by atoms with van der Waals surface area (Å²) in [6.07, 6.45) is 13.2. The summed E-state index contributed by atoms with van der Waals surface area (Å²) in [7, 11) is 0. The van der Waals surface area contributed by atoms with E-state index >= 15 is 0 Å². The minimum absolute atomic E-state index is 0.138. The Hall–Kier alpha value is -2.68. The SMILES string of the molecule is CC(C)(NC(=O)c1cc2c(n(CC3CCCCC3)c1=O)CCCCCC2)C(=O)N1CCC(C(=O)NN)CC1. The summed E-state index contributed by atoms with van der Waals surface area (Å²) in [4.78, 5) is 54.3. The summed E-state index contributed by atoms with van der Waals surface area (Å²) in [6, 6.07) is 1.80. The lowest BCUT2D eigenvalue weighted by Crippen LogP contribution is -2.58. The molecule has 1 aliphatic heterocycles. The first-order valence-corrected chi connectivity index (χ1v) is 14.6. The number of nitrogens with two attached hydrogens (primary N) is 1. The van der Waals surface area contributed by atoms with Gasteiger partial charge in [0.1, 0.15) is 11.1 Å². The first kappa shape index (κ1) is 28.3. The van der Waals surface area contributed by atoms with Gasteiger partial charge < -0.3 is 14.8 Å². The van der Waals surface area contributed by atoms with Crippen LogP contribution in [0.3, 0.4) is 0 Å². The number of nitrogens with zero attached hydrogens (tertiary/aromatic N) is 2. The predicted octanol–water partition coefficient (Wildman–Crippen LogP) is 2.82. The molecule has 0 radical (unpaired) electrons. The van der Waals surface area contributed by atoms with E-state index in [1.54, 1.807) is 24.8 Å². The summed E-state index contributed by atoms with van der Waals surface area (Å²) < 4.78 is 1.91. The maximum absolute atomic E-state index is 13.8. The Morgan fingerprint density at radius 2 is 1.58 bits per heavy atom. The fourth-order valence-corrected chi connectivity index (χ4v) is 6.48. The van der Waals surface area contributed by atoms with Gasteiger partial charge in [0.05, 0.1) is 0 Å². The van der Waals surface area contributed by atoms with Crippen LogP contribution in [0.1, 0.15) is 106 Å². The summed E-state index contributed by atoms with van der Waals surface area (Å²) >= 11 is 0. The van der Waals surface area contributed by atoms with Gasteiger partial charge in [0.15, 0.2) is 0 Å². The van der Waals surface area contributed by atoms with Gasteiger partial charge in [-0.1, -0.05) is 32.1 Å². The lowest BCUT2D eigenvalue weighted by molar-refractivity contribution is -0.140. The zero-order chi connectivity index (χ0) is 27.3. The van der Waals surface area contributed by atoms with Gasteiger partial charge in [-0.05, 0) is 82.8 Å². The molecule has 1 saturated heterocycles. The molecule has 3 amide bonds. The largest absolute Gasteiger partial charge is 0.341 e. The average Bonchev–Trinajstić information content (AvgIpc) is 2.90. The fraction of sp³-hybridized carbons (Fsp3) is 0.724. The number of aryl methyl sites for hydroxylation is 1. The van der Waals surface area contributed by atoms with Crippen LogP contribution in [0, 0.1) is 11.8 Å². The Balaban J connectivity index is 1.54. The maximum atomic E-state index is 13.8. The number of amides is 3. The highest BCUT2D eigenvalue weighted by Gasteiger charge is 2.37. The van der Waals surface area contributed by atoms with Gasteiger partial charge in [0, 0.05) is 31.2 Å². The van der Waals surface area contributed by atoms with Gasteiger partial charge in [-0.3, -0.25) is 24.6 Å². The molecule has 2 aliphatic carbocycles. The van der Waals surface area contributed by atoms with Crippen molar-refractivity contribution in [2.75, 3.05) is 13.1 Å². The molecule has 9 heteroatoms. The van der Waals surface area contributed by atoms with Crippen LogP contribution in [0.25, 0.3) is 0 Å². The topological polar surface area (TPSA) is 127 Å². The lowest BCUT2D eigenvalue weighted by Gasteiger charge is -2.36. The van der Waals surface area contributed by atoms with Crippen LogP contribution in [-0.2, 0) is 29.0 Å². The molecule has 3 aliphatic rings. The number of aromatic nitrogens is 1. The number of piperidine rings is 1. The van der Waals surface area contributed by atoms with Gasteiger partial charge in [-0.25, -0.2) is 5.84 Å². The van der Waals surface area contributed by atoms with E-state index in [-0.39, 0.29) is 28.9 Å². The van der Waals surface area contributed by atoms with Crippen LogP contribution in [0.5, 0.6) is 0 Å². The molecular formula is C29H45N5O4. The number of likely N-dealkylation sites (tertiary alicyclic amines) is 1. The first-order chi connectivity index (χ1) is 18.2. The fourth-order valence-electron chi connectivity index (χ4n) is 6.48. The number of hydrazine groups is 1. The van der Waals surface area contributed by atoms with Crippen molar-refractivity contribution < 1.29 is 14.4 Å². The van der Waals surface area contributed by atoms with Crippen LogP contribution in [0.4, 0.5) is 0 Å². The second-order valence-electron chi connectivity index (χ2n) is 12.0. The Morgan fingerprint density at radius 1 is 0.947 bits per heavy atom. The van der Waals surface area contributed by atoms with Gasteiger partial charge in [-0.2, -0.15) is 0 Å². The van der Waals surface area contributed by atoms with Crippen LogP contribution >= 0.6 is 0 Å². The molecule has 0 aromatic carbocycles. The quantitative estimate of drug-likeness (QED) is 0.298. The van der Waals surface area contributed by atoms with Crippen molar-refractivity contribution in [1.29, 1.82) is 0 Å². The van der Waals surface area contributed by atoms with E-state index in [0.717, 1.165) is 56.2 Å². The standard InChI is InChI=1S/C29H45N5O4/c1-29(2,28(38)33-16-14-21(15-17-33)25(35)32-30)31-26(36)23-18-22-12-8-3-4-9-13-24(22)34(27(23)37)19-20-10-6-5-7-11-20/h18,20-21H,3-17,19,30H2,1-2H3,(H,31,36)(H,32,35). The minimum atomic E-state index is -1.19. The number of nitrogens with one attached hydrogen (secondary N) is 2. The number of carbonyl (C=O) groups excluding carboxylic acids is 3. The minimum Gasteiger partial charge on any atom is -0.341 e. The molecular weight excluding hydrogens is 482 g/mol. The van der Waals surface area contributed by atoms with Crippen molar-refractivity contribution in [3.05, 3.63) is 33.2 Å². The number of hydrogen-bond acceptors (Lipinski definition) is 5. The monoisotopic (exact) mass is 527 g/mol. The summed E-state index contributed by atoms with van der Waals surface area (Å²) in [5, 5.41) is 2.88. The molecule has 1 aromatic rings. The highest BCUT2D eigenvalue weighted by molar-refractivity contribution is 5.99. The summed E-state index contributed by atoms with van der Waals surface area (Å²) in [6.45, 7) is 4.88. The molecule has 1 aromatic heterocycles. The smallest absolute Gasteiger partial charge is 0.263 e. The van der Waals surface area contributed by atoms with Gasteiger partial charge in [0.2, 0.25) is 11.8 Å². The van der Waals surface area contributed by atoms with Crippen molar-refractivity contribution >= 4 is 17.7 Å². The van der Waals surface area contributed by atoms with E-state index in [9.17, 15) is 19.2 Å². The molecule has 0 unspecified atom stereocenters. The van der Waals surface area contributed by atoms with Crippen LogP contribution in [0.2, 0.25) is 0 Å². The van der Waals surface area contributed by atoms with E-state index < -0.39 is 11.4 Å². The molecule has 4 rings (SSSR count). The van der Waals surface area contributed by atoms with Crippen molar-refractivity contribution in [1.82, 2.24) is 20.2 Å². The van der Waals surface area contributed by atoms with Crippen molar-refractivity contribution in [2.45, 2.75) is 109 Å². The molecule has 9 nitrogen and oxygen atoms in total. The number of carbonyl (C=O) groups is 3. The van der Waals surface area contributed by atoms with Crippen molar-refractivity contribution in [3.8, 4) is 0 Å². The van der Waals surface area contributed by atoms with E-state index in [1.807, 2.05) is 4.57 Å². The van der Waals surface area contributed by atoms with E-state index in [1.165, 1.54) is 25.7 Å². The second kappa shape index (κ2) is 12.5. The van der Waals surface area contributed by atoms with E-state index in [0.29, 0.717) is 38.4 Å². The van der Waals surface area contributed by atoms with Crippen LogP contribution in [-0.4, -0.2) is 45.8 Å². The molecule has 1 saturated carbocycles.